The van der Waals surface area contributed by atoms with Gasteiger partial charge in [0, 0.05) is 9.52 Å². The van der Waals surface area contributed by atoms with Gasteiger partial charge in [-0.3, -0.25) is 6.08 Å². The summed E-state index contributed by atoms with van der Waals surface area (Å²) in [4.78, 5) is 0. The summed E-state index contributed by atoms with van der Waals surface area (Å²) >= 11 is 0. The van der Waals surface area contributed by atoms with Crippen LogP contribution in [0.15, 0.2) is 60.7 Å². The van der Waals surface area contributed by atoms with Crippen molar-refractivity contribution in [2.75, 3.05) is 0 Å². The van der Waals surface area contributed by atoms with Crippen molar-refractivity contribution in [3.8, 4) is 11.1 Å². The molecule has 0 N–H and O–H groups in total. The quantitative estimate of drug-likeness (QED) is 0.237. The third-order valence-corrected chi connectivity index (χ3v) is 9.47. The minimum atomic E-state index is 0. The first-order valence-electron chi connectivity index (χ1n) is 12.5. The Balaban J connectivity index is 0.000000145. The maximum Gasteiger partial charge on any atom is 2.00 e. The van der Waals surface area contributed by atoms with E-state index in [-0.39, 0.29) is 26.2 Å². The first kappa shape index (κ1) is 25.6. The van der Waals surface area contributed by atoms with Crippen LogP contribution in [0.1, 0.15) is 81.8 Å². The van der Waals surface area contributed by atoms with E-state index in [0.29, 0.717) is 0 Å². The molecular formula is C30H37SiZr. The molecule has 4 aliphatic carbocycles. The molecule has 0 bridgehead atoms. The van der Waals surface area contributed by atoms with E-state index in [1.807, 2.05) is 18.2 Å². The summed E-state index contributed by atoms with van der Waals surface area (Å²) in [6.45, 7) is 0. The molecular weight excluding hydrogens is 480 g/mol. The molecule has 2 aromatic rings. The van der Waals surface area contributed by atoms with Crippen LogP contribution in [0.3, 0.4) is 0 Å². The fourth-order valence-electron chi connectivity index (χ4n) is 5.38. The normalized spacial score (nSPS) is 19.0. The summed E-state index contributed by atoms with van der Waals surface area (Å²) in [7, 11) is 0.825. The van der Waals surface area contributed by atoms with E-state index in [9.17, 15) is 0 Å². The van der Waals surface area contributed by atoms with E-state index >= 15 is 0 Å². The third-order valence-electron chi connectivity index (χ3n) is 7.05. The summed E-state index contributed by atoms with van der Waals surface area (Å²) in [6, 6.07) is 18.1. The van der Waals surface area contributed by atoms with Crippen LogP contribution in [0.4, 0.5) is 0 Å². The number of rotatable bonds is 2. The van der Waals surface area contributed by atoms with Gasteiger partial charge < -0.3 is 0 Å². The number of fused-ring (bicyclic) bond motifs is 3. The van der Waals surface area contributed by atoms with Crippen molar-refractivity contribution in [1.29, 1.82) is 0 Å². The Kier molecular flexibility index (Phi) is 11.5. The predicted molar refractivity (Wildman–Crippen MR) is 136 cm³/mol. The van der Waals surface area contributed by atoms with Gasteiger partial charge in [0.25, 0.3) is 0 Å². The zero-order valence-corrected chi connectivity index (χ0v) is 23.1. The molecule has 0 atom stereocenters. The van der Waals surface area contributed by atoms with Gasteiger partial charge >= 0.3 is 26.2 Å². The molecule has 0 unspecified atom stereocenters. The fourth-order valence-corrected chi connectivity index (χ4v) is 7.86. The van der Waals surface area contributed by atoms with E-state index < -0.39 is 0 Å². The molecule has 6 rings (SSSR count). The molecule has 0 aromatic heterocycles. The molecule has 2 heteroatoms. The van der Waals surface area contributed by atoms with Crippen molar-refractivity contribution >= 4 is 9.52 Å². The van der Waals surface area contributed by atoms with Crippen LogP contribution in [-0.4, -0.2) is 9.52 Å². The van der Waals surface area contributed by atoms with Gasteiger partial charge in [0.05, 0.1) is 0 Å². The van der Waals surface area contributed by atoms with Gasteiger partial charge in [0.2, 0.25) is 0 Å². The summed E-state index contributed by atoms with van der Waals surface area (Å²) in [6.07, 6.45) is 26.6. The van der Waals surface area contributed by atoms with Crippen LogP contribution in [0, 0.1) is 12.1 Å². The van der Waals surface area contributed by atoms with Gasteiger partial charge in [-0.2, -0.15) is 35.9 Å². The molecule has 4 aliphatic rings. The standard InChI is InChI=1S/C13H9.C12H23Si.C5H5.Zr/c1-3-7-12-10(5-1)9-11-6-2-4-8-13(11)12;1-3-7-11(8-4-1)13-12-9-5-2-6-10-12;1-2-4-5-3-1;/h1-5,7-8H,9H2;11-13H,1-10H2;1-3H,4H2;/q-1;;-1;+2. The zero-order valence-electron chi connectivity index (χ0n) is 19.5. The van der Waals surface area contributed by atoms with E-state index in [1.54, 1.807) is 51.4 Å². The average Bonchev–Trinajstić information content (AvgIpc) is 3.53. The van der Waals surface area contributed by atoms with Crippen LogP contribution < -0.4 is 0 Å². The first-order valence-corrected chi connectivity index (χ1v) is 13.9. The Morgan fingerprint density at radius 3 is 2.00 bits per heavy atom. The SMILES string of the molecule is C1CCC([SiH]C2CCCCC2)CC1.[C-]1=CC=CC1.[Zr+2].[c-]1cccc2c1Cc1ccccc1-2. The van der Waals surface area contributed by atoms with Crippen LogP contribution in [0.2, 0.25) is 11.1 Å². The molecule has 2 aromatic carbocycles. The molecule has 165 valence electrons. The second-order valence-corrected chi connectivity index (χ2v) is 11.7. The summed E-state index contributed by atoms with van der Waals surface area (Å²) in [5, 5.41) is 0. The Labute approximate surface area is 217 Å². The van der Waals surface area contributed by atoms with Crippen molar-refractivity contribution in [2.45, 2.75) is 88.1 Å². The Hall–Kier alpha value is -0.980. The largest absolute Gasteiger partial charge is 2.00 e. The monoisotopic (exact) mass is 515 g/mol. The van der Waals surface area contributed by atoms with E-state index in [2.05, 4.69) is 54.6 Å². The van der Waals surface area contributed by atoms with Crippen LogP contribution in [-0.2, 0) is 32.6 Å². The minimum absolute atomic E-state index is 0. The van der Waals surface area contributed by atoms with Crippen molar-refractivity contribution in [3.63, 3.8) is 0 Å². The van der Waals surface area contributed by atoms with Crippen LogP contribution >= 0.6 is 0 Å². The Bertz CT molecular complexity index is 787. The topological polar surface area (TPSA) is 0 Å². The Morgan fingerprint density at radius 2 is 1.41 bits per heavy atom. The summed E-state index contributed by atoms with van der Waals surface area (Å²) in [5.41, 5.74) is 7.92. The summed E-state index contributed by atoms with van der Waals surface area (Å²) in [5.74, 6) is 0. The van der Waals surface area contributed by atoms with Gasteiger partial charge in [0.15, 0.2) is 0 Å². The third kappa shape index (κ3) is 7.81. The molecule has 1 radical (unpaired) electrons. The first-order chi connectivity index (χ1) is 15.4. The van der Waals surface area contributed by atoms with Crippen molar-refractivity contribution in [1.82, 2.24) is 0 Å². The van der Waals surface area contributed by atoms with Gasteiger partial charge in [0.1, 0.15) is 0 Å². The number of allylic oxidation sites excluding steroid dienone is 4. The number of benzene rings is 2. The van der Waals surface area contributed by atoms with Gasteiger partial charge in [-0.15, -0.1) is 12.0 Å². The molecule has 0 nitrogen and oxygen atoms in total. The predicted octanol–water partition coefficient (Wildman–Crippen LogP) is 8.29. The Morgan fingerprint density at radius 1 is 0.750 bits per heavy atom. The fraction of sp³-hybridized carbons (Fsp3) is 0.467. The molecule has 0 heterocycles. The van der Waals surface area contributed by atoms with Gasteiger partial charge in [-0.25, -0.2) is 12.2 Å². The van der Waals surface area contributed by atoms with Crippen molar-refractivity contribution in [2.24, 2.45) is 0 Å². The van der Waals surface area contributed by atoms with Crippen molar-refractivity contribution in [3.05, 3.63) is 84.0 Å². The molecule has 0 saturated heterocycles. The molecule has 0 aliphatic heterocycles. The second-order valence-electron chi connectivity index (χ2n) is 9.39. The molecule has 0 amide bonds. The number of hydrogen-bond donors (Lipinski definition) is 0. The zero-order chi connectivity index (χ0) is 21.1. The van der Waals surface area contributed by atoms with E-state index in [1.165, 1.54) is 46.2 Å². The average molecular weight is 517 g/mol. The molecule has 0 spiro atoms. The molecule has 32 heavy (non-hydrogen) atoms. The summed E-state index contributed by atoms with van der Waals surface area (Å²) < 4.78 is 0. The van der Waals surface area contributed by atoms with Crippen LogP contribution in [0.25, 0.3) is 11.1 Å². The van der Waals surface area contributed by atoms with E-state index in [0.717, 1.165) is 22.4 Å². The number of hydrogen-bond acceptors (Lipinski definition) is 0. The smallest absolute Gasteiger partial charge is 0.273 e. The maximum absolute atomic E-state index is 3.30. The second kappa shape index (κ2) is 14.3. The minimum Gasteiger partial charge on any atom is -0.273 e. The van der Waals surface area contributed by atoms with Gasteiger partial charge in [-0.1, -0.05) is 99.6 Å². The van der Waals surface area contributed by atoms with E-state index in [4.69, 9.17) is 0 Å². The van der Waals surface area contributed by atoms with Crippen LogP contribution in [0.5, 0.6) is 0 Å². The maximum atomic E-state index is 3.30. The van der Waals surface area contributed by atoms with Crippen molar-refractivity contribution < 1.29 is 26.2 Å². The van der Waals surface area contributed by atoms with Gasteiger partial charge in [-0.05, 0) is 17.5 Å². The molecule has 2 saturated carbocycles. The molecule has 2 fully saturated rings.